The lowest BCUT2D eigenvalue weighted by atomic mass is 10.1. The lowest BCUT2D eigenvalue weighted by molar-refractivity contribution is 1.16. The highest BCUT2D eigenvalue weighted by atomic mass is 15.2. The van der Waals surface area contributed by atoms with Gasteiger partial charge in [-0.25, -0.2) is 0 Å². The zero-order chi connectivity index (χ0) is 38.2. The molecule has 0 N–H and O–H groups in total. The summed E-state index contributed by atoms with van der Waals surface area (Å²) in [4.78, 5) is 2.43. The van der Waals surface area contributed by atoms with Gasteiger partial charge in [-0.2, -0.15) is 0 Å². The van der Waals surface area contributed by atoms with E-state index in [0.29, 0.717) is 0 Å². The largest absolute Gasteiger partial charge is 0.310 e. The number of hydrogen-bond donors (Lipinski definition) is 0. The predicted molar refractivity (Wildman–Crippen MR) is 244 cm³/mol. The van der Waals surface area contributed by atoms with Gasteiger partial charge in [-0.3, -0.25) is 0 Å². The summed E-state index contributed by atoms with van der Waals surface area (Å²) in [6, 6.07) is 79.2. The highest BCUT2D eigenvalue weighted by Crippen LogP contribution is 2.46. The summed E-state index contributed by atoms with van der Waals surface area (Å²) in [5.41, 5.74) is 13.6. The molecule has 0 unspecified atom stereocenters. The zero-order valence-corrected chi connectivity index (χ0v) is 31.6. The highest BCUT2D eigenvalue weighted by molar-refractivity contribution is 6.18. The molecule has 12 aromatic rings. The van der Waals surface area contributed by atoms with Crippen LogP contribution >= 0.6 is 0 Å². The minimum absolute atomic E-state index is 1.07. The molecule has 12 rings (SSSR count). The molecule has 0 bridgehead atoms. The Morgan fingerprint density at radius 2 is 0.672 bits per heavy atom. The van der Waals surface area contributed by atoms with Crippen LogP contribution in [0, 0.1) is 0 Å². The Morgan fingerprint density at radius 3 is 1.24 bits per heavy atom. The van der Waals surface area contributed by atoms with Crippen molar-refractivity contribution in [3.8, 4) is 17.1 Å². The highest BCUT2D eigenvalue weighted by Gasteiger charge is 2.24. The molecule has 9 aromatic carbocycles. The molecule has 3 aromatic heterocycles. The quantitative estimate of drug-likeness (QED) is 0.166. The number of para-hydroxylation sites is 7. The molecule has 0 saturated carbocycles. The van der Waals surface area contributed by atoms with Crippen LogP contribution in [0.4, 0.5) is 17.1 Å². The van der Waals surface area contributed by atoms with E-state index in [0.717, 1.165) is 45.2 Å². The molecule has 0 aliphatic carbocycles. The Bertz CT molecular complexity index is 3450. The predicted octanol–water partition coefficient (Wildman–Crippen LogP) is 14.4. The summed E-state index contributed by atoms with van der Waals surface area (Å²) in [7, 11) is 0. The van der Waals surface area contributed by atoms with E-state index in [1.807, 2.05) is 0 Å². The number of aromatic nitrogens is 3. The van der Waals surface area contributed by atoms with Crippen LogP contribution in [0.15, 0.2) is 218 Å². The Hall–Kier alpha value is -7.82. The first kappa shape index (κ1) is 32.4. The summed E-state index contributed by atoms with van der Waals surface area (Å²) in [5.74, 6) is 0. The first-order valence-corrected chi connectivity index (χ1v) is 19.9. The van der Waals surface area contributed by atoms with Gasteiger partial charge in [-0.1, -0.05) is 133 Å². The minimum atomic E-state index is 1.07. The standard InChI is InChI=1S/C54H36N4/c1-4-18-37(19-5-1)55(40-32-33-45-44-26-10-14-28-47(44)56(51(45)34-40)38-20-6-2-7-21-38)41-35-52-54(46-27-13-17-31-50(46)57(52)39-22-8-3-9-23-39)53(36-41)58-48-29-15-11-24-42(48)43-25-12-16-30-49(43)58/h1-36H. The van der Waals surface area contributed by atoms with Crippen molar-refractivity contribution in [3.63, 3.8) is 0 Å². The zero-order valence-electron chi connectivity index (χ0n) is 31.6. The first-order chi connectivity index (χ1) is 28.8. The number of benzene rings is 9. The van der Waals surface area contributed by atoms with Gasteiger partial charge < -0.3 is 18.6 Å². The molecule has 3 heterocycles. The van der Waals surface area contributed by atoms with Crippen LogP contribution in [0.3, 0.4) is 0 Å². The first-order valence-electron chi connectivity index (χ1n) is 19.9. The van der Waals surface area contributed by atoms with Gasteiger partial charge in [0.25, 0.3) is 0 Å². The van der Waals surface area contributed by atoms with Crippen molar-refractivity contribution < 1.29 is 0 Å². The van der Waals surface area contributed by atoms with Gasteiger partial charge in [0.2, 0.25) is 0 Å². The fraction of sp³-hybridized carbons (Fsp3) is 0. The Morgan fingerprint density at radius 1 is 0.259 bits per heavy atom. The minimum Gasteiger partial charge on any atom is -0.310 e. The van der Waals surface area contributed by atoms with E-state index in [1.54, 1.807) is 0 Å². The summed E-state index contributed by atoms with van der Waals surface area (Å²) in [5, 5.41) is 7.36. The van der Waals surface area contributed by atoms with Crippen molar-refractivity contribution in [1.82, 2.24) is 13.7 Å². The van der Waals surface area contributed by atoms with Crippen molar-refractivity contribution >= 4 is 82.5 Å². The molecule has 0 saturated heterocycles. The van der Waals surface area contributed by atoms with E-state index in [1.165, 1.54) is 54.4 Å². The lowest BCUT2D eigenvalue weighted by Gasteiger charge is -2.27. The molecule has 272 valence electrons. The third kappa shape index (κ3) is 4.82. The maximum absolute atomic E-state index is 2.48. The molecular weight excluding hydrogens is 705 g/mol. The summed E-state index contributed by atoms with van der Waals surface area (Å²) in [6.45, 7) is 0. The van der Waals surface area contributed by atoms with Crippen molar-refractivity contribution in [3.05, 3.63) is 218 Å². The molecule has 0 atom stereocenters. The van der Waals surface area contributed by atoms with Gasteiger partial charge in [0.05, 0.1) is 44.5 Å². The van der Waals surface area contributed by atoms with Crippen LogP contribution in [0.1, 0.15) is 0 Å². The summed E-state index contributed by atoms with van der Waals surface area (Å²) >= 11 is 0. The van der Waals surface area contributed by atoms with Gasteiger partial charge in [0.15, 0.2) is 0 Å². The maximum atomic E-state index is 2.48. The second kappa shape index (κ2) is 12.9. The number of rotatable bonds is 6. The van der Waals surface area contributed by atoms with Crippen molar-refractivity contribution in [1.29, 1.82) is 0 Å². The Balaban J connectivity index is 1.22. The maximum Gasteiger partial charge on any atom is 0.0583 e. The Kier molecular flexibility index (Phi) is 7.20. The molecule has 0 aliphatic heterocycles. The van der Waals surface area contributed by atoms with Crippen LogP contribution in [0.2, 0.25) is 0 Å². The molecule has 0 amide bonds. The smallest absolute Gasteiger partial charge is 0.0583 e. The van der Waals surface area contributed by atoms with Crippen LogP contribution in [0.25, 0.3) is 82.5 Å². The number of anilines is 3. The molecule has 0 aliphatic rings. The molecule has 0 radical (unpaired) electrons. The third-order valence-electron chi connectivity index (χ3n) is 11.8. The monoisotopic (exact) mass is 740 g/mol. The van der Waals surface area contributed by atoms with Gasteiger partial charge in [-0.05, 0) is 84.9 Å². The lowest BCUT2D eigenvalue weighted by Crippen LogP contribution is -2.11. The molecule has 0 spiro atoms. The van der Waals surface area contributed by atoms with Gasteiger partial charge in [0.1, 0.15) is 0 Å². The third-order valence-corrected chi connectivity index (χ3v) is 11.8. The average Bonchev–Trinajstić information content (AvgIpc) is 3.93. The van der Waals surface area contributed by atoms with Crippen molar-refractivity contribution in [2.75, 3.05) is 4.90 Å². The van der Waals surface area contributed by atoms with Crippen LogP contribution in [-0.4, -0.2) is 13.7 Å². The van der Waals surface area contributed by atoms with E-state index in [2.05, 4.69) is 237 Å². The Labute approximate surface area is 335 Å². The average molecular weight is 741 g/mol. The van der Waals surface area contributed by atoms with Gasteiger partial charge in [0, 0.05) is 55.1 Å². The van der Waals surface area contributed by atoms with Crippen LogP contribution < -0.4 is 4.90 Å². The molecule has 4 nitrogen and oxygen atoms in total. The summed E-state index contributed by atoms with van der Waals surface area (Å²) in [6.07, 6.45) is 0. The second-order valence-corrected chi connectivity index (χ2v) is 15.0. The van der Waals surface area contributed by atoms with E-state index < -0.39 is 0 Å². The molecule has 0 fully saturated rings. The van der Waals surface area contributed by atoms with Gasteiger partial charge >= 0.3 is 0 Å². The van der Waals surface area contributed by atoms with Gasteiger partial charge in [-0.15, -0.1) is 0 Å². The number of hydrogen-bond acceptors (Lipinski definition) is 1. The van der Waals surface area contributed by atoms with E-state index in [-0.39, 0.29) is 0 Å². The normalized spacial score (nSPS) is 11.8. The summed E-state index contributed by atoms with van der Waals surface area (Å²) < 4.78 is 7.32. The van der Waals surface area contributed by atoms with E-state index in [4.69, 9.17) is 0 Å². The second-order valence-electron chi connectivity index (χ2n) is 15.0. The van der Waals surface area contributed by atoms with E-state index >= 15 is 0 Å². The SMILES string of the molecule is c1ccc(N(c2ccc3c4ccccc4n(-c4ccccc4)c3c2)c2cc(-n3c4ccccc4c4ccccc43)c3c4ccccc4n(-c4ccccc4)c3c2)cc1. The molecular formula is C54H36N4. The number of fused-ring (bicyclic) bond motifs is 9. The molecule has 4 heteroatoms. The van der Waals surface area contributed by atoms with Crippen molar-refractivity contribution in [2.24, 2.45) is 0 Å². The van der Waals surface area contributed by atoms with Crippen LogP contribution in [0.5, 0.6) is 0 Å². The number of nitrogens with zero attached hydrogens (tertiary/aromatic N) is 4. The van der Waals surface area contributed by atoms with Crippen molar-refractivity contribution in [2.45, 2.75) is 0 Å². The topological polar surface area (TPSA) is 18.0 Å². The fourth-order valence-electron chi connectivity index (χ4n) is 9.38. The fourth-order valence-corrected chi connectivity index (χ4v) is 9.38. The molecule has 58 heavy (non-hydrogen) atoms. The van der Waals surface area contributed by atoms with E-state index in [9.17, 15) is 0 Å². The van der Waals surface area contributed by atoms with Crippen LogP contribution in [-0.2, 0) is 0 Å².